The fraction of sp³-hybridized carbons (Fsp3) is 0.429. The quantitative estimate of drug-likeness (QED) is 0.831. The highest BCUT2D eigenvalue weighted by atomic mass is 16.5. The topological polar surface area (TPSA) is 54.5 Å². The van der Waals surface area contributed by atoms with Crippen molar-refractivity contribution in [1.29, 1.82) is 0 Å². The smallest absolute Gasteiger partial charge is 0.224 e. The van der Waals surface area contributed by atoms with Gasteiger partial charge in [0, 0.05) is 25.8 Å². The molecule has 2 aromatic rings. The van der Waals surface area contributed by atoms with Crippen LogP contribution in [-0.4, -0.2) is 37.1 Å². The molecule has 2 heterocycles. The SMILES string of the molecule is CCOc1ccc(CCNC(=O)[C@H]2CCCN(c3ccccn3)C2)cc1. The van der Waals surface area contributed by atoms with Crippen molar-refractivity contribution in [2.24, 2.45) is 5.92 Å². The number of amides is 1. The normalized spacial score (nSPS) is 17.0. The van der Waals surface area contributed by atoms with Gasteiger partial charge in [0.05, 0.1) is 12.5 Å². The highest BCUT2D eigenvalue weighted by molar-refractivity contribution is 5.79. The first kappa shape index (κ1) is 18.2. The van der Waals surface area contributed by atoms with Crippen molar-refractivity contribution in [3.63, 3.8) is 0 Å². The lowest BCUT2D eigenvalue weighted by Crippen LogP contribution is -2.43. The minimum absolute atomic E-state index is 0.0334. The van der Waals surface area contributed by atoms with Crippen LogP contribution in [0.15, 0.2) is 48.7 Å². The summed E-state index contributed by atoms with van der Waals surface area (Å²) >= 11 is 0. The van der Waals surface area contributed by atoms with Gasteiger partial charge in [0.2, 0.25) is 5.91 Å². The molecule has 1 aromatic heterocycles. The molecule has 5 heteroatoms. The number of pyridine rings is 1. The zero-order valence-corrected chi connectivity index (χ0v) is 15.4. The van der Waals surface area contributed by atoms with E-state index in [0.29, 0.717) is 13.2 Å². The van der Waals surface area contributed by atoms with Crippen molar-refractivity contribution in [2.45, 2.75) is 26.2 Å². The molecular formula is C21H27N3O2. The highest BCUT2D eigenvalue weighted by Crippen LogP contribution is 2.21. The Hall–Kier alpha value is -2.56. The summed E-state index contributed by atoms with van der Waals surface area (Å²) in [6.07, 6.45) is 4.59. The number of hydrogen-bond donors (Lipinski definition) is 1. The maximum absolute atomic E-state index is 12.5. The molecule has 1 N–H and O–H groups in total. The van der Waals surface area contributed by atoms with Gasteiger partial charge in [-0.3, -0.25) is 4.79 Å². The van der Waals surface area contributed by atoms with E-state index in [1.54, 1.807) is 6.20 Å². The Morgan fingerprint density at radius 3 is 2.85 bits per heavy atom. The molecule has 3 rings (SSSR count). The Morgan fingerprint density at radius 2 is 2.12 bits per heavy atom. The van der Waals surface area contributed by atoms with Crippen molar-refractivity contribution in [3.05, 3.63) is 54.2 Å². The number of rotatable bonds is 7. The van der Waals surface area contributed by atoms with Crippen LogP contribution in [0.2, 0.25) is 0 Å². The van der Waals surface area contributed by atoms with Gasteiger partial charge in [-0.05, 0) is 56.0 Å². The van der Waals surface area contributed by atoms with Crippen molar-refractivity contribution in [2.75, 3.05) is 31.1 Å². The molecule has 0 saturated carbocycles. The van der Waals surface area contributed by atoms with E-state index in [-0.39, 0.29) is 11.8 Å². The van der Waals surface area contributed by atoms with Crippen LogP contribution in [0, 0.1) is 5.92 Å². The molecule has 1 amide bonds. The maximum atomic E-state index is 12.5. The fourth-order valence-electron chi connectivity index (χ4n) is 3.33. The summed E-state index contributed by atoms with van der Waals surface area (Å²) in [5.74, 6) is 2.03. The van der Waals surface area contributed by atoms with Crippen molar-refractivity contribution >= 4 is 11.7 Å². The van der Waals surface area contributed by atoms with Crippen LogP contribution in [0.4, 0.5) is 5.82 Å². The van der Waals surface area contributed by atoms with E-state index in [9.17, 15) is 4.79 Å². The number of carbonyl (C=O) groups excluding carboxylic acids is 1. The number of anilines is 1. The monoisotopic (exact) mass is 353 g/mol. The standard InChI is InChI=1S/C21H27N3O2/c1-2-26-19-10-8-17(9-11-19)12-14-23-21(25)18-6-5-15-24(16-18)20-7-3-4-13-22-20/h3-4,7-11,13,18H,2,5-6,12,14-16H2,1H3,(H,23,25)/t18-/m0/s1. The van der Waals surface area contributed by atoms with E-state index >= 15 is 0 Å². The van der Waals surface area contributed by atoms with Crippen LogP contribution in [0.25, 0.3) is 0 Å². The Bertz CT molecular complexity index is 688. The van der Waals surface area contributed by atoms with Gasteiger partial charge < -0.3 is 15.0 Å². The first-order valence-electron chi connectivity index (χ1n) is 9.41. The molecule has 0 bridgehead atoms. The molecule has 0 radical (unpaired) electrons. The number of ether oxygens (including phenoxy) is 1. The zero-order valence-electron chi connectivity index (χ0n) is 15.4. The lowest BCUT2D eigenvalue weighted by atomic mass is 9.97. The second-order valence-corrected chi connectivity index (χ2v) is 6.59. The highest BCUT2D eigenvalue weighted by Gasteiger charge is 2.26. The summed E-state index contributed by atoms with van der Waals surface area (Å²) in [6, 6.07) is 14.0. The molecule has 5 nitrogen and oxygen atoms in total. The van der Waals surface area contributed by atoms with Gasteiger partial charge in [0.25, 0.3) is 0 Å². The summed E-state index contributed by atoms with van der Waals surface area (Å²) in [5.41, 5.74) is 1.20. The number of nitrogens with one attached hydrogen (secondary N) is 1. The average Bonchev–Trinajstić information content (AvgIpc) is 2.70. The number of nitrogens with zero attached hydrogens (tertiary/aromatic N) is 2. The molecule has 1 aliphatic rings. The Kier molecular flexibility index (Phi) is 6.47. The minimum atomic E-state index is 0.0334. The summed E-state index contributed by atoms with van der Waals surface area (Å²) in [7, 11) is 0. The van der Waals surface area contributed by atoms with Gasteiger partial charge >= 0.3 is 0 Å². The lowest BCUT2D eigenvalue weighted by molar-refractivity contribution is -0.125. The average molecular weight is 353 g/mol. The van der Waals surface area contributed by atoms with Crippen LogP contribution in [0.5, 0.6) is 5.75 Å². The van der Waals surface area contributed by atoms with E-state index in [1.165, 1.54) is 5.56 Å². The molecule has 1 saturated heterocycles. The number of piperidine rings is 1. The van der Waals surface area contributed by atoms with Gasteiger partial charge in [-0.1, -0.05) is 18.2 Å². The molecule has 26 heavy (non-hydrogen) atoms. The van der Waals surface area contributed by atoms with Gasteiger partial charge in [0.1, 0.15) is 11.6 Å². The third-order valence-electron chi connectivity index (χ3n) is 4.71. The van der Waals surface area contributed by atoms with E-state index in [1.807, 2.05) is 37.3 Å². The van der Waals surface area contributed by atoms with Crippen LogP contribution in [0.1, 0.15) is 25.3 Å². The summed E-state index contributed by atoms with van der Waals surface area (Å²) < 4.78 is 5.45. The Balaban J connectivity index is 1.45. The summed E-state index contributed by atoms with van der Waals surface area (Å²) in [5, 5.41) is 3.10. The van der Waals surface area contributed by atoms with Crippen molar-refractivity contribution < 1.29 is 9.53 Å². The van der Waals surface area contributed by atoms with Gasteiger partial charge in [0.15, 0.2) is 0 Å². The number of benzene rings is 1. The van der Waals surface area contributed by atoms with Crippen LogP contribution < -0.4 is 15.0 Å². The van der Waals surface area contributed by atoms with E-state index in [2.05, 4.69) is 27.3 Å². The summed E-state index contributed by atoms with van der Waals surface area (Å²) in [4.78, 5) is 19.1. The molecule has 138 valence electrons. The van der Waals surface area contributed by atoms with Crippen LogP contribution in [-0.2, 0) is 11.2 Å². The summed E-state index contributed by atoms with van der Waals surface area (Å²) in [6.45, 7) is 5.02. The molecular weight excluding hydrogens is 326 g/mol. The molecule has 0 spiro atoms. The third kappa shape index (κ3) is 4.97. The minimum Gasteiger partial charge on any atom is -0.494 e. The molecule has 1 aromatic carbocycles. The Morgan fingerprint density at radius 1 is 1.27 bits per heavy atom. The third-order valence-corrected chi connectivity index (χ3v) is 4.71. The molecule has 0 unspecified atom stereocenters. The lowest BCUT2D eigenvalue weighted by Gasteiger charge is -2.32. The van der Waals surface area contributed by atoms with E-state index in [4.69, 9.17) is 4.74 Å². The van der Waals surface area contributed by atoms with Crippen molar-refractivity contribution in [1.82, 2.24) is 10.3 Å². The maximum Gasteiger partial charge on any atom is 0.224 e. The van der Waals surface area contributed by atoms with Crippen molar-refractivity contribution in [3.8, 4) is 5.75 Å². The second kappa shape index (κ2) is 9.22. The van der Waals surface area contributed by atoms with Crippen LogP contribution in [0.3, 0.4) is 0 Å². The molecule has 1 aliphatic heterocycles. The molecule has 1 fully saturated rings. The molecule has 1 atom stereocenters. The number of aromatic nitrogens is 1. The van der Waals surface area contributed by atoms with Crippen LogP contribution >= 0.6 is 0 Å². The predicted molar refractivity (Wildman–Crippen MR) is 103 cm³/mol. The number of hydrogen-bond acceptors (Lipinski definition) is 4. The Labute approximate surface area is 155 Å². The largest absolute Gasteiger partial charge is 0.494 e. The van der Waals surface area contributed by atoms with E-state index < -0.39 is 0 Å². The van der Waals surface area contributed by atoms with Gasteiger partial charge in [-0.15, -0.1) is 0 Å². The van der Waals surface area contributed by atoms with E-state index in [0.717, 1.165) is 43.9 Å². The second-order valence-electron chi connectivity index (χ2n) is 6.59. The zero-order chi connectivity index (χ0) is 18.2. The van der Waals surface area contributed by atoms with Gasteiger partial charge in [-0.2, -0.15) is 0 Å². The first-order valence-corrected chi connectivity index (χ1v) is 9.41. The fourth-order valence-corrected chi connectivity index (χ4v) is 3.33. The predicted octanol–water partition coefficient (Wildman–Crippen LogP) is 3.06. The van der Waals surface area contributed by atoms with Gasteiger partial charge in [-0.25, -0.2) is 4.98 Å². The number of carbonyl (C=O) groups is 1. The molecule has 0 aliphatic carbocycles. The first-order chi connectivity index (χ1) is 12.8.